The zero-order chi connectivity index (χ0) is 19.0. The van der Waals surface area contributed by atoms with Crippen LogP contribution < -0.4 is 4.74 Å². The van der Waals surface area contributed by atoms with Crippen molar-refractivity contribution >= 4 is 11.9 Å². The topological polar surface area (TPSA) is 70.1 Å². The zero-order valence-corrected chi connectivity index (χ0v) is 15.9. The summed E-state index contributed by atoms with van der Waals surface area (Å²) >= 11 is 0. The SMILES string of the molecule is COc1cccc(CN2CC3(CCN(C(=O)C4CC4)CC3)C[C@H]2C(=O)O)c1. The predicted octanol–water partition coefficient (Wildman–Crippen LogP) is 2.37. The van der Waals surface area contributed by atoms with Crippen molar-refractivity contribution in [3.05, 3.63) is 29.8 Å². The monoisotopic (exact) mass is 372 g/mol. The molecule has 0 radical (unpaired) electrons. The maximum absolute atomic E-state index is 12.3. The minimum Gasteiger partial charge on any atom is -0.497 e. The predicted molar refractivity (Wildman–Crippen MR) is 100 cm³/mol. The van der Waals surface area contributed by atoms with Crippen LogP contribution in [0, 0.1) is 11.3 Å². The van der Waals surface area contributed by atoms with Crippen LogP contribution in [-0.2, 0) is 16.1 Å². The molecule has 4 rings (SSSR count). The van der Waals surface area contributed by atoms with Gasteiger partial charge in [-0.1, -0.05) is 12.1 Å². The van der Waals surface area contributed by atoms with Crippen molar-refractivity contribution < 1.29 is 19.4 Å². The minimum absolute atomic E-state index is 0.0161. The second-order valence-corrected chi connectivity index (χ2v) is 8.41. The van der Waals surface area contributed by atoms with Gasteiger partial charge in [0.25, 0.3) is 0 Å². The van der Waals surface area contributed by atoms with Crippen LogP contribution in [0.4, 0.5) is 0 Å². The second-order valence-electron chi connectivity index (χ2n) is 8.41. The van der Waals surface area contributed by atoms with Crippen LogP contribution in [-0.4, -0.2) is 59.6 Å². The number of aliphatic carboxylic acids is 1. The van der Waals surface area contributed by atoms with E-state index >= 15 is 0 Å². The summed E-state index contributed by atoms with van der Waals surface area (Å²) in [4.78, 5) is 28.3. The second kappa shape index (κ2) is 7.15. The normalized spacial score (nSPS) is 24.9. The number of carboxylic acids is 1. The van der Waals surface area contributed by atoms with Crippen LogP contribution in [0.1, 0.15) is 37.7 Å². The average Bonchev–Trinajstić information content (AvgIpc) is 3.46. The summed E-state index contributed by atoms with van der Waals surface area (Å²) in [5.74, 6) is 0.622. The Morgan fingerprint density at radius 1 is 1.26 bits per heavy atom. The molecule has 2 saturated heterocycles. The van der Waals surface area contributed by atoms with E-state index < -0.39 is 12.0 Å². The number of methoxy groups -OCH3 is 1. The van der Waals surface area contributed by atoms with Crippen molar-refractivity contribution in [1.82, 2.24) is 9.80 Å². The molecule has 1 atom stereocenters. The Hall–Kier alpha value is -2.08. The number of rotatable bonds is 5. The minimum atomic E-state index is -0.744. The number of piperidine rings is 1. The molecule has 1 aliphatic carbocycles. The fraction of sp³-hybridized carbons (Fsp3) is 0.619. The van der Waals surface area contributed by atoms with Gasteiger partial charge in [0.2, 0.25) is 5.91 Å². The van der Waals surface area contributed by atoms with Gasteiger partial charge in [-0.15, -0.1) is 0 Å². The highest BCUT2D eigenvalue weighted by molar-refractivity contribution is 5.81. The lowest BCUT2D eigenvalue weighted by molar-refractivity contribution is -0.142. The fourth-order valence-electron chi connectivity index (χ4n) is 4.71. The molecule has 0 bridgehead atoms. The first kappa shape index (κ1) is 18.3. The Balaban J connectivity index is 1.44. The van der Waals surface area contributed by atoms with Crippen molar-refractivity contribution in [2.45, 2.75) is 44.7 Å². The Labute approximate surface area is 160 Å². The van der Waals surface area contributed by atoms with Crippen LogP contribution in [0.25, 0.3) is 0 Å². The van der Waals surface area contributed by atoms with E-state index in [1.165, 1.54) is 0 Å². The lowest BCUT2D eigenvalue weighted by Crippen LogP contribution is -2.44. The highest BCUT2D eigenvalue weighted by Crippen LogP contribution is 2.45. The Bertz CT molecular complexity index is 723. The molecule has 6 heteroatoms. The molecule has 27 heavy (non-hydrogen) atoms. The first-order chi connectivity index (χ1) is 13.0. The summed E-state index contributed by atoms with van der Waals surface area (Å²) in [7, 11) is 1.64. The molecule has 1 amide bonds. The molecular weight excluding hydrogens is 344 g/mol. The molecule has 0 unspecified atom stereocenters. The number of amides is 1. The first-order valence-electron chi connectivity index (χ1n) is 9.88. The van der Waals surface area contributed by atoms with Crippen LogP contribution in [0.3, 0.4) is 0 Å². The van der Waals surface area contributed by atoms with Crippen molar-refractivity contribution in [3.8, 4) is 5.75 Å². The molecule has 3 aliphatic rings. The molecule has 0 aromatic heterocycles. The average molecular weight is 372 g/mol. The maximum Gasteiger partial charge on any atom is 0.320 e. The van der Waals surface area contributed by atoms with Gasteiger partial charge in [0, 0.05) is 32.1 Å². The van der Waals surface area contributed by atoms with E-state index in [9.17, 15) is 14.7 Å². The number of carboxylic acid groups (broad SMARTS) is 1. The van der Waals surface area contributed by atoms with E-state index in [1.807, 2.05) is 29.2 Å². The summed E-state index contributed by atoms with van der Waals surface area (Å²) in [6, 6.07) is 7.37. The van der Waals surface area contributed by atoms with Gasteiger partial charge in [-0.2, -0.15) is 0 Å². The number of hydrogen-bond donors (Lipinski definition) is 1. The number of likely N-dealkylation sites (tertiary alicyclic amines) is 2. The molecule has 1 aromatic rings. The number of carbonyl (C=O) groups is 2. The highest BCUT2D eigenvalue weighted by Gasteiger charge is 2.49. The number of ether oxygens (including phenoxy) is 1. The van der Waals surface area contributed by atoms with Gasteiger partial charge in [-0.05, 0) is 55.2 Å². The van der Waals surface area contributed by atoms with Crippen LogP contribution in [0.5, 0.6) is 5.75 Å². The smallest absolute Gasteiger partial charge is 0.320 e. The summed E-state index contributed by atoms with van der Waals surface area (Å²) in [5, 5.41) is 9.77. The van der Waals surface area contributed by atoms with Crippen molar-refractivity contribution in [3.63, 3.8) is 0 Å². The molecule has 146 valence electrons. The number of nitrogens with zero attached hydrogens (tertiary/aromatic N) is 2. The van der Waals surface area contributed by atoms with E-state index in [0.29, 0.717) is 18.9 Å². The standard InChI is InChI=1S/C21H28N2O4/c1-27-17-4-2-3-15(11-17)13-23-14-21(12-18(23)20(25)26)7-9-22(10-8-21)19(24)16-5-6-16/h2-4,11,16,18H,5-10,12-14H2,1H3,(H,25,26)/t18-/m0/s1. The van der Waals surface area contributed by atoms with E-state index in [1.54, 1.807) is 7.11 Å². The lowest BCUT2D eigenvalue weighted by Gasteiger charge is -2.39. The van der Waals surface area contributed by atoms with Crippen molar-refractivity contribution in [2.24, 2.45) is 11.3 Å². The number of hydrogen-bond acceptors (Lipinski definition) is 4. The van der Waals surface area contributed by atoms with Gasteiger partial charge in [0.05, 0.1) is 7.11 Å². The fourth-order valence-corrected chi connectivity index (χ4v) is 4.71. The van der Waals surface area contributed by atoms with Crippen LogP contribution in [0.2, 0.25) is 0 Å². The van der Waals surface area contributed by atoms with Crippen LogP contribution in [0.15, 0.2) is 24.3 Å². The molecule has 6 nitrogen and oxygen atoms in total. The van der Waals surface area contributed by atoms with E-state index in [2.05, 4.69) is 4.90 Å². The van der Waals surface area contributed by atoms with Gasteiger partial charge in [0.1, 0.15) is 11.8 Å². The van der Waals surface area contributed by atoms with Crippen molar-refractivity contribution in [2.75, 3.05) is 26.7 Å². The zero-order valence-electron chi connectivity index (χ0n) is 15.9. The van der Waals surface area contributed by atoms with Gasteiger partial charge < -0.3 is 14.7 Å². The summed E-state index contributed by atoms with van der Waals surface area (Å²) in [6.45, 7) is 2.94. The largest absolute Gasteiger partial charge is 0.497 e. The Morgan fingerprint density at radius 3 is 2.63 bits per heavy atom. The highest BCUT2D eigenvalue weighted by atomic mass is 16.5. The maximum atomic E-state index is 12.3. The lowest BCUT2D eigenvalue weighted by atomic mass is 9.76. The third kappa shape index (κ3) is 3.81. The van der Waals surface area contributed by atoms with Gasteiger partial charge >= 0.3 is 5.97 Å². The number of carbonyl (C=O) groups excluding carboxylic acids is 1. The summed E-state index contributed by atoms with van der Waals surface area (Å²) in [6.07, 6.45) is 4.57. The quantitative estimate of drug-likeness (QED) is 0.859. The summed E-state index contributed by atoms with van der Waals surface area (Å²) < 4.78 is 5.29. The summed E-state index contributed by atoms with van der Waals surface area (Å²) in [5.41, 5.74) is 1.08. The van der Waals surface area contributed by atoms with E-state index in [-0.39, 0.29) is 11.3 Å². The molecule has 1 aromatic carbocycles. The third-order valence-corrected chi connectivity index (χ3v) is 6.47. The van der Waals surface area contributed by atoms with Gasteiger partial charge in [0.15, 0.2) is 0 Å². The molecule has 1 N–H and O–H groups in total. The molecule has 1 saturated carbocycles. The van der Waals surface area contributed by atoms with Crippen LogP contribution >= 0.6 is 0 Å². The van der Waals surface area contributed by atoms with E-state index in [0.717, 1.165) is 56.6 Å². The molecule has 1 spiro atoms. The first-order valence-corrected chi connectivity index (χ1v) is 9.88. The number of benzene rings is 1. The molecule has 3 fully saturated rings. The molecule has 2 heterocycles. The molecular formula is C21H28N2O4. The Kier molecular flexibility index (Phi) is 4.84. The third-order valence-electron chi connectivity index (χ3n) is 6.47. The Morgan fingerprint density at radius 2 is 2.00 bits per heavy atom. The van der Waals surface area contributed by atoms with Crippen molar-refractivity contribution in [1.29, 1.82) is 0 Å². The van der Waals surface area contributed by atoms with Gasteiger partial charge in [-0.25, -0.2) is 0 Å². The van der Waals surface area contributed by atoms with E-state index in [4.69, 9.17) is 4.74 Å². The van der Waals surface area contributed by atoms with Gasteiger partial charge in [-0.3, -0.25) is 14.5 Å². The molecule has 2 aliphatic heterocycles.